The average Bonchev–Trinajstić information content (AvgIpc) is 3.44. The van der Waals surface area contributed by atoms with Gasteiger partial charge in [-0.25, -0.2) is 9.59 Å². The number of likely N-dealkylation sites (tertiary alicyclic amines) is 1. The summed E-state index contributed by atoms with van der Waals surface area (Å²) in [6.07, 6.45) is 3.06. The molecule has 4 amide bonds. The molecule has 9 heteroatoms. The smallest absolute Gasteiger partial charge is 0.408 e. The maximum absolute atomic E-state index is 12.7. The number of carbonyl (C=O) groups excluding carboxylic acids is 3. The molecule has 152 valence electrons. The first-order valence-corrected chi connectivity index (χ1v) is 10.0. The third-order valence-corrected chi connectivity index (χ3v) is 6.06. The maximum atomic E-state index is 12.7. The van der Waals surface area contributed by atoms with E-state index in [0.29, 0.717) is 37.0 Å². The first-order valence-electron chi connectivity index (χ1n) is 10.0. The first-order chi connectivity index (χ1) is 14.0. The van der Waals surface area contributed by atoms with Crippen molar-refractivity contribution in [1.82, 2.24) is 19.3 Å². The summed E-state index contributed by atoms with van der Waals surface area (Å²) in [6, 6.07) is 6.89. The van der Waals surface area contributed by atoms with Crippen LogP contribution in [-0.2, 0) is 16.1 Å². The number of imide groups is 1. The molecule has 0 radical (unpaired) electrons. The number of benzene rings is 1. The molecular weight excluding hydrogens is 376 g/mol. The minimum Gasteiger partial charge on any atom is -0.408 e. The molecule has 3 fully saturated rings. The van der Waals surface area contributed by atoms with Crippen LogP contribution in [0.5, 0.6) is 0 Å². The molecule has 1 aromatic carbocycles. The minimum atomic E-state index is -0.546. The lowest BCUT2D eigenvalue weighted by Gasteiger charge is -2.36. The highest BCUT2D eigenvalue weighted by Gasteiger charge is 2.47. The number of oxazole rings is 1. The molecule has 2 saturated heterocycles. The second-order valence-electron chi connectivity index (χ2n) is 7.94. The number of rotatable bonds is 4. The lowest BCUT2D eigenvalue weighted by atomic mass is 10.0. The van der Waals surface area contributed by atoms with Crippen molar-refractivity contribution >= 4 is 28.9 Å². The quantitative estimate of drug-likeness (QED) is 0.717. The van der Waals surface area contributed by atoms with Gasteiger partial charge in [0.15, 0.2) is 5.58 Å². The van der Waals surface area contributed by atoms with Crippen LogP contribution < -0.4 is 5.76 Å². The summed E-state index contributed by atoms with van der Waals surface area (Å²) in [6.45, 7) is 1.06. The summed E-state index contributed by atoms with van der Waals surface area (Å²) in [7, 11) is 0. The van der Waals surface area contributed by atoms with E-state index in [-0.39, 0.29) is 43.0 Å². The maximum Gasteiger partial charge on any atom is 0.420 e. The molecule has 3 aliphatic rings. The lowest BCUT2D eigenvalue weighted by molar-refractivity contribution is -0.133. The molecule has 0 spiro atoms. The highest BCUT2D eigenvalue weighted by atomic mass is 16.4. The normalized spacial score (nSPS) is 20.9. The van der Waals surface area contributed by atoms with Crippen molar-refractivity contribution in [2.75, 3.05) is 19.6 Å². The van der Waals surface area contributed by atoms with E-state index in [9.17, 15) is 19.2 Å². The van der Waals surface area contributed by atoms with Crippen molar-refractivity contribution in [3.05, 3.63) is 34.8 Å². The van der Waals surface area contributed by atoms with E-state index in [2.05, 4.69) is 0 Å². The van der Waals surface area contributed by atoms with Gasteiger partial charge in [-0.1, -0.05) is 12.1 Å². The van der Waals surface area contributed by atoms with Crippen molar-refractivity contribution in [1.29, 1.82) is 0 Å². The van der Waals surface area contributed by atoms with Crippen LogP contribution in [0.1, 0.15) is 25.7 Å². The highest BCUT2D eigenvalue weighted by Crippen LogP contribution is 2.32. The molecule has 2 aliphatic heterocycles. The topological polar surface area (TPSA) is 96.1 Å². The molecule has 2 aromatic rings. The van der Waals surface area contributed by atoms with Crippen LogP contribution in [0.15, 0.2) is 33.5 Å². The Morgan fingerprint density at radius 2 is 1.72 bits per heavy atom. The zero-order valence-electron chi connectivity index (χ0n) is 16.0. The molecule has 29 heavy (non-hydrogen) atoms. The van der Waals surface area contributed by atoms with Gasteiger partial charge in [0, 0.05) is 25.2 Å². The molecule has 0 bridgehead atoms. The molecular formula is C20H22N4O5. The predicted octanol–water partition coefficient (Wildman–Crippen LogP) is 1.01. The van der Waals surface area contributed by atoms with Crippen LogP contribution >= 0.6 is 0 Å². The molecule has 0 atom stereocenters. The molecule has 3 heterocycles. The summed E-state index contributed by atoms with van der Waals surface area (Å²) in [5.74, 6) is -0.807. The number of aromatic nitrogens is 1. The molecule has 1 saturated carbocycles. The number of carbonyl (C=O) groups is 3. The summed E-state index contributed by atoms with van der Waals surface area (Å²) in [4.78, 5) is 54.4. The number of piperidine rings is 1. The number of nitrogens with zero attached hydrogens (tertiary/aromatic N) is 4. The van der Waals surface area contributed by atoms with Crippen LogP contribution in [0.3, 0.4) is 0 Å². The standard InChI is InChI=1S/C20H22N4O5/c25-17(11-23-15-3-1-2-4-16(15)29-20(23)28)21-9-7-13(8-10-21)22-12-18(26)24(19(22)27)14-5-6-14/h1-4,13-14H,5-12H2. The molecule has 1 aromatic heterocycles. The van der Waals surface area contributed by atoms with Crippen molar-refractivity contribution < 1.29 is 18.8 Å². The van der Waals surface area contributed by atoms with Crippen LogP contribution in [0.25, 0.3) is 11.1 Å². The van der Waals surface area contributed by atoms with E-state index < -0.39 is 5.76 Å². The van der Waals surface area contributed by atoms with Crippen molar-refractivity contribution in [2.24, 2.45) is 0 Å². The van der Waals surface area contributed by atoms with Gasteiger partial charge in [0.1, 0.15) is 13.1 Å². The van der Waals surface area contributed by atoms with Crippen molar-refractivity contribution in [2.45, 2.75) is 44.3 Å². The molecule has 0 unspecified atom stereocenters. The summed E-state index contributed by atoms with van der Waals surface area (Å²) in [5.41, 5.74) is 1.06. The monoisotopic (exact) mass is 398 g/mol. The van der Waals surface area contributed by atoms with E-state index in [4.69, 9.17) is 4.42 Å². The Hall–Kier alpha value is -3.10. The fourth-order valence-corrected chi connectivity index (χ4v) is 4.34. The van der Waals surface area contributed by atoms with E-state index in [0.717, 1.165) is 12.8 Å². The van der Waals surface area contributed by atoms with E-state index in [1.54, 1.807) is 34.1 Å². The van der Waals surface area contributed by atoms with E-state index >= 15 is 0 Å². The fraction of sp³-hybridized carbons (Fsp3) is 0.500. The molecule has 5 rings (SSSR count). The minimum absolute atomic E-state index is 0.0308. The van der Waals surface area contributed by atoms with Crippen LogP contribution in [0, 0.1) is 0 Å². The van der Waals surface area contributed by atoms with Gasteiger partial charge in [0.2, 0.25) is 5.91 Å². The number of amides is 4. The van der Waals surface area contributed by atoms with Gasteiger partial charge in [-0.2, -0.15) is 0 Å². The van der Waals surface area contributed by atoms with Crippen molar-refractivity contribution in [3.8, 4) is 0 Å². The van der Waals surface area contributed by atoms with Gasteiger partial charge < -0.3 is 14.2 Å². The summed E-state index contributed by atoms with van der Waals surface area (Å²) in [5, 5.41) is 0. The molecule has 1 aliphatic carbocycles. The van der Waals surface area contributed by atoms with Gasteiger partial charge in [0.25, 0.3) is 5.91 Å². The lowest BCUT2D eigenvalue weighted by Crippen LogP contribution is -2.49. The Morgan fingerprint density at radius 3 is 2.45 bits per heavy atom. The van der Waals surface area contributed by atoms with Gasteiger partial charge in [-0.15, -0.1) is 0 Å². The third kappa shape index (κ3) is 3.10. The molecule has 0 N–H and O–H groups in total. The largest absolute Gasteiger partial charge is 0.420 e. The average molecular weight is 398 g/mol. The van der Waals surface area contributed by atoms with Gasteiger partial charge in [-0.3, -0.25) is 19.1 Å². The highest BCUT2D eigenvalue weighted by molar-refractivity contribution is 6.02. The molecule has 9 nitrogen and oxygen atoms in total. The Labute approximate surface area is 166 Å². The van der Waals surface area contributed by atoms with Crippen LogP contribution in [0.2, 0.25) is 0 Å². The summed E-state index contributed by atoms with van der Waals surface area (Å²) >= 11 is 0. The van der Waals surface area contributed by atoms with Gasteiger partial charge in [0.05, 0.1) is 5.52 Å². The second kappa shape index (κ2) is 6.75. The first kappa shape index (κ1) is 18.0. The van der Waals surface area contributed by atoms with Gasteiger partial charge >= 0.3 is 11.8 Å². The zero-order chi connectivity index (χ0) is 20.1. The number of para-hydroxylation sites is 2. The van der Waals surface area contributed by atoms with Crippen LogP contribution in [0.4, 0.5) is 4.79 Å². The van der Waals surface area contributed by atoms with Crippen LogP contribution in [-0.4, -0.2) is 68.8 Å². The van der Waals surface area contributed by atoms with Crippen molar-refractivity contribution in [3.63, 3.8) is 0 Å². The third-order valence-electron chi connectivity index (χ3n) is 6.06. The number of hydrogen-bond donors (Lipinski definition) is 0. The Morgan fingerprint density at radius 1 is 1.00 bits per heavy atom. The summed E-state index contributed by atoms with van der Waals surface area (Å²) < 4.78 is 6.53. The van der Waals surface area contributed by atoms with E-state index in [1.807, 2.05) is 0 Å². The Kier molecular flexibility index (Phi) is 4.18. The predicted molar refractivity (Wildman–Crippen MR) is 102 cm³/mol. The Bertz CT molecular complexity index is 1040. The number of fused-ring (bicyclic) bond motifs is 1. The zero-order valence-corrected chi connectivity index (χ0v) is 16.0. The number of urea groups is 1. The van der Waals surface area contributed by atoms with Gasteiger partial charge in [-0.05, 0) is 37.8 Å². The Balaban J connectivity index is 1.22. The second-order valence-corrected chi connectivity index (χ2v) is 7.94. The fourth-order valence-electron chi connectivity index (χ4n) is 4.34. The SMILES string of the molecule is O=C(Cn1c(=O)oc2ccccc21)N1CCC(N2CC(=O)N(C3CC3)C2=O)CC1. The number of hydrogen-bond acceptors (Lipinski definition) is 5. The van der Waals surface area contributed by atoms with E-state index in [1.165, 1.54) is 9.47 Å².